The molecule has 6 nitrogen and oxygen atoms in total. The number of hydrogen-bond acceptors (Lipinski definition) is 4. The van der Waals surface area contributed by atoms with E-state index in [9.17, 15) is 9.59 Å². The Morgan fingerprint density at radius 3 is 2.40 bits per heavy atom. The van der Waals surface area contributed by atoms with Crippen molar-refractivity contribution < 1.29 is 14.1 Å². The Morgan fingerprint density at radius 1 is 1.08 bits per heavy atom. The summed E-state index contributed by atoms with van der Waals surface area (Å²) < 4.78 is 4.97. The van der Waals surface area contributed by atoms with Crippen LogP contribution in [0.5, 0.6) is 0 Å². The number of carbonyl (C=O) groups excluding carboxylic acids is 2. The zero-order valence-electron chi connectivity index (χ0n) is 14.2. The van der Waals surface area contributed by atoms with Crippen LogP contribution >= 0.6 is 0 Å². The van der Waals surface area contributed by atoms with Crippen molar-refractivity contribution in [2.45, 2.75) is 19.3 Å². The fraction of sp³-hybridized carbons (Fsp3) is 0.421. The van der Waals surface area contributed by atoms with Crippen molar-refractivity contribution >= 4 is 11.8 Å². The highest BCUT2D eigenvalue weighted by molar-refractivity contribution is 5.92. The minimum absolute atomic E-state index is 0.0999. The fourth-order valence-corrected chi connectivity index (χ4v) is 3.53. The van der Waals surface area contributed by atoms with Gasteiger partial charge in [0.1, 0.15) is 5.76 Å². The summed E-state index contributed by atoms with van der Waals surface area (Å²) >= 11 is 0. The summed E-state index contributed by atoms with van der Waals surface area (Å²) in [5.74, 6) is 1.17. The average molecular weight is 339 g/mol. The molecule has 2 unspecified atom stereocenters. The Kier molecular flexibility index (Phi) is 4.03. The van der Waals surface area contributed by atoms with Gasteiger partial charge < -0.3 is 14.3 Å². The smallest absolute Gasteiger partial charge is 0.276 e. The molecule has 2 heterocycles. The molecule has 2 aliphatic rings. The van der Waals surface area contributed by atoms with Crippen LogP contribution in [0.2, 0.25) is 0 Å². The number of carbonyl (C=O) groups is 2. The maximum atomic E-state index is 12.7. The molecule has 2 fully saturated rings. The molecule has 0 spiro atoms. The van der Waals surface area contributed by atoms with Crippen LogP contribution in [0, 0.1) is 12.8 Å². The van der Waals surface area contributed by atoms with Gasteiger partial charge in [-0.3, -0.25) is 9.59 Å². The third-order valence-corrected chi connectivity index (χ3v) is 5.06. The van der Waals surface area contributed by atoms with E-state index in [1.165, 1.54) is 5.56 Å². The molecule has 1 aromatic heterocycles. The lowest BCUT2D eigenvalue weighted by molar-refractivity contribution is -0.134. The van der Waals surface area contributed by atoms with Crippen molar-refractivity contribution in [2.75, 3.05) is 26.2 Å². The second-order valence-corrected chi connectivity index (χ2v) is 6.80. The van der Waals surface area contributed by atoms with E-state index < -0.39 is 0 Å². The predicted octanol–water partition coefficient (Wildman–Crippen LogP) is 2.07. The summed E-state index contributed by atoms with van der Waals surface area (Å²) in [7, 11) is 0. The van der Waals surface area contributed by atoms with Crippen LogP contribution in [0.4, 0.5) is 0 Å². The highest BCUT2D eigenvalue weighted by atomic mass is 16.5. The van der Waals surface area contributed by atoms with E-state index in [-0.39, 0.29) is 17.7 Å². The van der Waals surface area contributed by atoms with Gasteiger partial charge in [0.25, 0.3) is 5.91 Å². The number of nitrogens with zero attached hydrogens (tertiary/aromatic N) is 3. The van der Waals surface area contributed by atoms with Gasteiger partial charge in [-0.05, 0) is 24.8 Å². The zero-order valence-corrected chi connectivity index (χ0v) is 14.2. The van der Waals surface area contributed by atoms with Gasteiger partial charge in [0.2, 0.25) is 5.91 Å². The predicted molar refractivity (Wildman–Crippen MR) is 91.0 cm³/mol. The van der Waals surface area contributed by atoms with Gasteiger partial charge in [-0.1, -0.05) is 35.5 Å². The van der Waals surface area contributed by atoms with Crippen molar-refractivity contribution in [1.29, 1.82) is 0 Å². The summed E-state index contributed by atoms with van der Waals surface area (Å²) in [6, 6.07) is 11.9. The number of piperazine rings is 1. The number of aryl methyl sites for hydroxylation is 1. The van der Waals surface area contributed by atoms with Gasteiger partial charge in [0.05, 0.1) is 0 Å². The van der Waals surface area contributed by atoms with Gasteiger partial charge in [-0.2, -0.15) is 0 Å². The van der Waals surface area contributed by atoms with Gasteiger partial charge in [0.15, 0.2) is 5.69 Å². The van der Waals surface area contributed by atoms with E-state index in [4.69, 9.17) is 4.52 Å². The molecule has 4 rings (SSSR count). The lowest BCUT2D eigenvalue weighted by Crippen LogP contribution is -2.51. The van der Waals surface area contributed by atoms with Crippen LogP contribution in [0.3, 0.4) is 0 Å². The third kappa shape index (κ3) is 3.16. The Balaban J connectivity index is 1.32. The summed E-state index contributed by atoms with van der Waals surface area (Å²) in [5, 5.41) is 3.78. The molecule has 130 valence electrons. The van der Waals surface area contributed by atoms with E-state index in [2.05, 4.69) is 17.3 Å². The topological polar surface area (TPSA) is 66.7 Å². The molecule has 25 heavy (non-hydrogen) atoms. The Labute approximate surface area is 146 Å². The molecule has 0 N–H and O–H groups in total. The van der Waals surface area contributed by atoms with Crippen LogP contribution in [-0.2, 0) is 4.79 Å². The molecular weight excluding hydrogens is 318 g/mol. The number of rotatable bonds is 3. The lowest BCUT2D eigenvalue weighted by Gasteiger charge is -2.34. The van der Waals surface area contributed by atoms with Crippen molar-refractivity contribution in [3.8, 4) is 0 Å². The number of amides is 2. The molecule has 1 aliphatic carbocycles. The van der Waals surface area contributed by atoms with Crippen LogP contribution in [-0.4, -0.2) is 52.9 Å². The SMILES string of the molecule is Cc1cc(C(=O)N2CCN(C(=O)C3CC3c3ccccc3)CC2)no1. The molecule has 1 saturated carbocycles. The quantitative estimate of drug-likeness (QED) is 0.859. The maximum absolute atomic E-state index is 12.7. The first-order valence-corrected chi connectivity index (χ1v) is 8.70. The monoisotopic (exact) mass is 339 g/mol. The van der Waals surface area contributed by atoms with E-state index in [1.54, 1.807) is 17.9 Å². The molecule has 2 aromatic rings. The third-order valence-electron chi connectivity index (χ3n) is 5.06. The van der Waals surface area contributed by atoms with Gasteiger partial charge >= 0.3 is 0 Å². The van der Waals surface area contributed by atoms with E-state index in [1.807, 2.05) is 23.1 Å². The number of hydrogen-bond donors (Lipinski definition) is 0. The van der Waals surface area contributed by atoms with Gasteiger partial charge in [0, 0.05) is 38.2 Å². The molecule has 2 atom stereocenters. The van der Waals surface area contributed by atoms with Crippen molar-refractivity contribution in [3.05, 3.63) is 53.4 Å². The number of aromatic nitrogens is 1. The summed E-state index contributed by atoms with van der Waals surface area (Å²) in [6.45, 7) is 4.01. The van der Waals surface area contributed by atoms with Crippen molar-refractivity contribution in [1.82, 2.24) is 15.0 Å². The number of benzene rings is 1. The second-order valence-electron chi connectivity index (χ2n) is 6.80. The Bertz CT molecular complexity index is 778. The fourth-order valence-electron chi connectivity index (χ4n) is 3.53. The van der Waals surface area contributed by atoms with E-state index >= 15 is 0 Å². The van der Waals surface area contributed by atoms with Crippen molar-refractivity contribution in [2.24, 2.45) is 5.92 Å². The highest BCUT2D eigenvalue weighted by Gasteiger charge is 2.46. The zero-order chi connectivity index (χ0) is 17.4. The van der Waals surface area contributed by atoms with Crippen LogP contribution < -0.4 is 0 Å². The second kappa shape index (κ2) is 6.35. The molecule has 1 aromatic carbocycles. The first-order chi connectivity index (χ1) is 12.1. The maximum Gasteiger partial charge on any atom is 0.276 e. The molecule has 0 bridgehead atoms. The van der Waals surface area contributed by atoms with Crippen molar-refractivity contribution in [3.63, 3.8) is 0 Å². The van der Waals surface area contributed by atoms with Gasteiger partial charge in [-0.15, -0.1) is 0 Å². The van der Waals surface area contributed by atoms with E-state index in [0.717, 1.165) is 6.42 Å². The normalized spacial score (nSPS) is 22.8. The molecule has 6 heteroatoms. The van der Waals surface area contributed by atoms with Crippen LogP contribution in [0.1, 0.15) is 34.2 Å². The summed E-state index contributed by atoms with van der Waals surface area (Å²) in [5.41, 5.74) is 1.58. The van der Waals surface area contributed by atoms with Gasteiger partial charge in [-0.25, -0.2) is 0 Å². The first-order valence-electron chi connectivity index (χ1n) is 8.70. The van der Waals surface area contributed by atoms with Crippen LogP contribution in [0.25, 0.3) is 0 Å². The molecule has 2 amide bonds. The molecular formula is C19H21N3O3. The standard InChI is InChI=1S/C19H21N3O3/c1-13-11-17(20-25-13)19(24)22-9-7-21(8-10-22)18(23)16-12-15(16)14-5-3-2-4-6-14/h2-6,11,15-16H,7-10,12H2,1H3. The average Bonchev–Trinajstić information content (AvgIpc) is 3.35. The summed E-state index contributed by atoms with van der Waals surface area (Å²) in [4.78, 5) is 28.7. The Hall–Kier alpha value is -2.63. The Morgan fingerprint density at radius 2 is 1.76 bits per heavy atom. The molecule has 0 radical (unpaired) electrons. The highest BCUT2D eigenvalue weighted by Crippen LogP contribution is 2.48. The molecule has 1 aliphatic heterocycles. The first kappa shape index (κ1) is 15.9. The molecule has 1 saturated heterocycles. The minimum atomic E-state index is -0.127. The lowest BCUT2D eigenvalue weighted by atomic mass is 10.1. The summed E-state index contributed by atoms with van der Waals surface area (Å²) in [6.07, 6.45) is 0.931. The minimum Gasteiger partial charge on any atom is -0.361 e. The largest absolute Gasteiger partial charge is 0.361 e. The van der Waals surface area contributed by atoms with E-state index in [0.29, 0.717) is 43.6 Å². The van der Waals surface area contributed by atoms with Crippen LogP contribution in [0.15, 0.2) is 40.9 Å².